The number of carbonyl (C=O) groups excluding carboxylic acids is 1. The van der Waals surface area contributed by atoms with Crippen molar-refractivity contribution < 1.29 is 18.9 Å². The molecule has 5 nitrogen and oxygen atoms in total. The van der Waals surface area contributed by atoms with E-state index < -0.39 is 28.1 Å². The van der Waals surface area contributed by atoms with Gasteiger partial charge in [-0.05, 0) is 27.2 Å². The molecule has 6 heteroatoms. The number of aliphatic carboxylic acids is 1. The maximum absolute atomic E-state index is 11.6. The maximum Gasteiger partial charge on any atom is 0.318 e. The van der Waals surface area contributed by atoms with Crippen LogP contribution >= 0.6 is 0 Å². The minimum absolute atomic E-state index is 0.171. The molecule has 0 aromatic carbocycles. The average Bonchev–Trinajstić information content (AvgIpc) is 2.14. The van der Waals surface area contributed by atoms with Gasteiger partial charge in [-0.15, -0.1) is 0 Å². The van der Waals surface area contributed by atoms with Crippen LogP contribution in [0.1, 0.15) is 27.2 Å². The van der Waals surface area contributed by atoms with Gasteiger partial charge < -0.3 is 10.4 Å². The van der Waals surface area contributed by atoms with Crippen LogP contribution in [0.5, 0.6) is 0 Å². The SMILES string of the molecule is CC(CCS(C)=O)NC(=O)C(C)(C)C(=O)O. The first kappa shape index (κ1) is 15.1. The fourth-order valence-corrected chi connectivity index (χ4v) is 1.60. The van der Waals surface area contributed by atoms with E-state index in [0.29, 0.717) is 12.2 Å². The van der Waals surface area contributed by atoms with Gasteiger partial charge in [0.2, 0.25) is 5.91 Å². The molecule has 2 N–H and O–H groups in total. The lowest BCUT2D eigenvalue weighted by Gasteiger charge is -2.21. The third kappa shape index (κ3) is 4.74. The van der Waals surface area contributed by atoms with E-state index in [1.165, 1.54) is 13.8 Å². The summed E-state index contributed by atoms with van der Waals surface area (Å²) in [6.45, 7) is 4.48. The second-order valence-corrected chi connectivity index (χ2v) is 5.93. The summed E-state index contributed by atoms with van der Waals surface area (Å²) in [5, 5.41) is 11.4. The van der Waals surface area contributed by atoms with Gasteiger partial charge in [0, 0.05) is 28.9 Å². The van der Waals surface area contributed by atoms with E-state index in [-0.39, 0.29) is 6.04 Å². The van der Waals surface area contributed by atoms with Gasteiger partial charge in [-0.3, -0.25) is 13.8 Å². The summed E-state index contributed by atoms with van der Waals surface area (Å²) in [7, 11) is -0.899. The summed E-state index contributed by atoms with van der Waals surface area (Å²) in [5.41, 5.74) is -1.43. The van der Waals surface area contributed by atoms with E-state index >= 15 is 0 Å². The summed E-state index contributed by atoms with van der Waals surface area (Å²) in [5.74, 6) is -1.18. The number of carbonyl (C=O) groups is 2. The van der Waals surface area contributed by atoms with Crippen LogP contribution in [0.15, 0.2) is 0 Å². The van der Waals surface area contributed by atoms with E-state index in [2.05, 4.69) is 5.32 Å². The van der Waals surface area contributed by atoms with Crippen molar-refractivity contribution in [2.45, 2.75) is 33.2 Å². The van der Waals surface area contributed by atoms with Crippen LogP contribution in [0.4, 0.5) is 0 Å². The quantitative estimate of drug-likeness (QED) is 0.666. The monoisotopic (exact) mass is 249 g/mol. The number of amides is 1. The second-order valence-electron chi connectivity index (χ2n) is 4.37. The van der Waals surface area contributed by atoms with Crippen molar-refractivity contribution in [3.8, 4) is 0 Å². The number of hydrogen-bond acceptors (Lipinski definition) is 3. The number of carboxylic acid groups (broad SMARTS) is 1. The Morgan fingerprint density at radius 1 is 1.44 bits per heavy atom. The predicted octanol–water partition coefficient (Wildman–Crippen LogP) is 0.370. The molecule has 0 saturated heterocycles. The minimum Gasteiger partial charge on any atom is -0.480 e. The summed E-state index contributed by atoms with van der Waals surface area (Å²) in [6.07, 6.45) is 2.17. The minimum atomic E-state index is -1.43. The Morgan fingerprint density at radius 2 is 1.94 bits per heavy atom. The molecular weight excluding hydrogens is 230 g/mol. The zero-order valence-electron chi connectivity index (χ0n) is 10.1. The van der Waals surface area contributed by atoms with Crippen LogP contribution in [-0.4, -0.2) is 39.2 Å². The van der Waals surface area contributed by atoms with Gasteiger partial charge in [0.15, 0.2) is 0 Å². The highest BCUT2D eigenvalue weighted by Gasteiger charge is 2.36. The van der Waals surface area contributed by atoms with Crippen LogP contribution in [0.3, 0.4) is 0 Å². The molecule has 0 aliphatic heterocycles. The van der Waals surface area contributed by atoms with Gasteiger partial charge in [-0.25, -0.2) is 0 Å². The predicted molar refractivity (Wildman–Crippen MR) is 62.6 cm³/mol. The Balaban J connectivity index is 4.24. The Labute approximate surface area is 98.1 Å². The molecule has 0 aliphatic carbocycles. The molecule has 0 radical (unpaired) electrons. The van der Waals surface area contributed by atoms with E-state index in [9.17, 15) is 13.8 Å². The molecule has 0 rings (SSSR count). The van der Waals surface area contributed by atoms with Crippen molar-refractivity contribution in [1.82, 2.24) is 5.32 Å². The van der Waals surface area contributed by atoms with Crippen molar-refractivity contribution >= 4 is 22.7 Å². The van der Waals surface area contributed by atoms with Gasteiger partial charge in [-0.2, -0.15) is 0 Å². The molecule has 94 valence electrons. The van der Waals surface area contributed by atoms with Crippen LogP contribution in [0.2, 0.25) is 0 Å². The zero-order valence-corrected chi connectivity index (χ0v) is 10.9. The lowest BCUT2D eigenvalue weighted by Crippen LogP contribution is -2.46. The molecule has 2 atom stereocenters. The molecule has 2 unspecified atom stereocenters. The Bertz CT molecular complexity index is 301. The van der Waals surface area contributed by atoms with Crippen molar-refractivity contribution in [2.75, 3.05) is 12.0 Å². The molecule has 0 aromatic heterocycles. The topological polar surface area (TPSA) is 83.5 Å². The van der Waals surface area contributed by atoms with Crippen molar-refractivity contribution in [1.29, 1.82) is 0 Å². The van der Waals surface area contributed by atoms with Gasteiger partial charge in [-0.1, -0.05) is 0 Å². The largest absolute Gasteiger partial charge is 0.480 e. The smallest absolute Gasteiger partial charge is 0.318 e. The Morgan fingerprint density at radius 3 is 2.31 bits per heavy atom. The lowest BCUT2D eigenvalue weighted by molar-refractivity contribution is -0.153. The molecule has 0 saturated carbocycles. The molecule has 0 aliphatic rings. The molecule has 16 heavy (non-hydrogen) atoms. The first-order valence-corrected chi connectivity index (χ1v) is 6.75. The number of nitrogens with one attached hydrogen (secondary N) is 1. The number of rotatable bonds is 6. The van der Waals surface area contributed by atoms with Crippen LogP contribution < -0.4 is 5.32 Å². The van der Waals surface area contributed by atoms with Crippen molar-refractivity contribution in [3.63, 3.8) is 0 Å². The molecule has 0 aromatic rings. The van der Waals surface area contributed by atoms with E-state index in [1.807, 2.05) is 0 Å². The maximum atomic E-state index is 11.6. The normalized spacial score (nSPS) is 15.2. The standard InChI is InChI=1S/C10H19NO4S/c1-7(5-6-16(4)15)11-8(12)10(2,3)9(13)14/h7H,5-6H2,1-4H3,(H,11,12)(H,13,14). The second kappa shape index (κ2) is 5.98. The molecule has 0 bridgehead atoms. The van der Waals surface area contributed by atoms with E-state index in [1.54, 1.807) is 13.2 Å². The Kier molecular flexibility index (Phi) is 5.64. The summed E-state index contributed by atoms with van der Waals surface area (Å²) < 4.78 is 10.8. The fourth-order valence-electron chi connectivity index (χ4n) is 0.916. The average molecular weight is 249 g/mol. The highest BCUT2D eigenvalue weighted by Crippen LogP contribution is 2.15. The van der Waals surface area contributed by atoms with Crippen LogP contribution in [0, 0.1) is 5.41 Å². The number of carboxylic acids is 1. The highest BCUT2D eigenvalue weighted by atomic mass is 32.2. The lowest BCUT2D eigenvalue weighted by atomic mass is 9.92. The molecular formula is C10H19NO4S. The first-order chi connectivity index (χ1) is 7.17. The summed E-state index contributed by atoms with van der Waals surface area (Å²) >= 11 is 0. The molecule has 1 amide bonds. The van der Waals surface area contributed by atoms with E-state index in [0.717, 1.165) is 0 Å². The van der Waals surface area contributed by atoms with Crippen molar-refractivity contribution in [3.05, 3.63) is 0 Å². The van der Waals surface area contributed by atoms with Gasteiger partial charge in [0.1, 0.15) is 5.41 Å². The highest BCUT2D eigenvalue weighted by molar-refractivity contribution is 7.84. The van der Waals surface area contributed by atoms with Crippen LogP contribution in [0.25, 0.3) is 0 Å². The summed E-state index contributed by atoms with van der Waals surface area (Å²) in [4.78, 5) is 22.4. The van der Waals surface area contributed by atoms with Gasteiger partial charge in [0.25, 0.3) is 0 Å². The third-order valence-electron chi connectivity index (χ3n) is 2.32. The van der Waals surface area contributed by atoms with Gasteiger partial charge in [0.05, 0.1) is 0 Å². The van der Waals surface area contributed by atoms with Crippen molar-refractivity contribution in [2.24, 2.45) is 5.41 Å². The number of hydrogen-bond donors (Lipinski definition) is 2. The summed E-state index contributed by atoms with van der Waals surface area (Å²) in [6, 6.07) is -0.171. The first-order valence-electron chi connectivity index (χ1n) is 5.02. The van der Waals surface area contributed by atoms with Gasteiger partial charge >= 0.3 is 5.97 Å². The molecule has 0 fully saturated rings. The fraction of sp³-hybridized carbons (Fsp3) is 0.800. The molecule has 0 heterocycles. The zero-order chi connectivity index (χ0) is 12.9. The van der Waals surface area contributed by atoms with Crippen LogP contribution in [-0.2, 0) is 20.4 Å². The van der Waals surface area contributed by atoms with E-state index in [4.69, 9.17) is 5.11 Å². The molecule has 0 spiro atoms. The Hall–Kier alpha value is -0.910. The third-order valence-corrected chi connectivity index (χ3v) is 3.13.